The summed E-state index contributed by atoms with van der Waals surface area (Å²) in [6.07, 6.45) is 2.31. The van der Waals surface area contributed by atoms with Gasteiger partial charge in [-0.05, 0) is 44.2 Å². The minimum atomic E-state index is -4.71. The normalized spacial score (nSPS) is 21.2. The number of hydrogen-bond acceptors (Lipinski definition) is 8. The van der Waals surface area contributed by atoms with Crippen LogP contribution in [0.25, 0.3) is 17.1 Å². The van der Waals surface area contributed by atoms with Crippen molar-refractivity contribution in [2.45, 2.75) is 50.4 Å². The fraction of sp³-hybridized carbons (Fsp3) is 0.519. The molecular formula is C27H33ClF3N7O3S. The number of benzene rings is 1. The number of piperidine rings is 1. The van der Waals surface area contributed by atoms with Crippen LogP contribution in [-0.4, -0.2) is 92.9 Å². The molecule has 1 unspecified atom stereocenters. The third kappa shape index (κ3) is 7.05. The Morgan fingerprint density at radius 1 is 1.19 bits per heavy atom. The Morgan fingerprint density at radius 2 is 1.93 bits per heavy atom. The standard InChI is InChI=1S/C27H33ClF3N7O3S/c1-26(39)9-13-36(16-26)10-6-18-4-3-5-22(23(18)28)37-15-21(33-17-37)24-20(27(29,30)31)14-32-25(35-24)34-19-7-11-38(12-8-19)42(2,40)41/h3-5,14-15,17,19,39H,6-13,16H2,1-2H3,(H,32,34,35). The number of nitrogens with zero attached hydrogens (tertiary/aromatic N) is 6. The van der Waals surface area contributed by atoms with Crippen molar-refractivity contribution >= 4 is 27.6 Å². The summed E-state index contributed by atoms with van der Waals surface area (Å²) >= 11 is 6.74. The molecule has 10 nitrogen and oxygen atoms in total. The molecule has 1 aromatic carbocycles. The van der Waals surface area contributed by atoms with Crippen LogP contribution in [0.2, 0.25) is 5.02 Å². The lowest BCUT2D eigenvalue weighted by Crippen LogP contribution is -2.42. The monoisotopic (exact) mass is 627 g/mol. The zero-order valence-corrected chi connectivity index (χ0v) is 24.8. The predicted octanol–water partition coefficient (Wildman–Crippen LogP) is 3.84. The third-order valence-electron chi connectivity index (χ3n) is 7.74. The van der Waals surface area contributed by atoms with Gasteiger partial charge in [0.25, 0.3) is 0 Å². The fourth-order valence-corrected chi connectivity index (χ4v) is 6.60. The molecule has 0 saturated carbocycles. The van der Waals surface area contributed by atoms with E-state index in [9.17, 15) is 26.7 Å². The minimum absolute atomic E-state index is 0.000406. The molecule has 2 aliphatic rings. The highest BCUT2D eigenvalue weighted by atomic mass is 35.5. The van der Waals surface area contributed by atoms with Crippen LogP contribution in [0.5, 0.6) is 0 Å². The number of aromatic nitrogens is 4. The molecule has 2 aliphatic heterocycles. The van der Waals surface area contributed by atoms with E-state index in [1.807, 2.05) is 19.1 Å². The van der Waals surface area contributed by atoms with Crippen molar-refractivity contribution in [3.05, 3.63) is 53.1 Å². The summed E-state index contributed by atoms with van der Waals surface area (Å²) in [6, 6.07) is 5.30. The fourth-order valence-electron chi connectivity index (χ4n) is 5.41. The molecule has 0 bridgehead atoms. The highest BCUT2D eigenvalue weighted by Crippen LogP contribution is 2.36. The van der Waals surface area contributed by atoms with Crippen LogP contribution < -0.4 is 5.32 Å². The number of alkyl halides is 3. The maximum Gasteiger partial charge on any atom is 0.420 e. The summed E-state index contributed by atoms with van der Waals surface area (Å²) < 4.78 is 68.3. The topological polar surface area (TPSA) is 116 Å². The number of β-amino-alcohol motifs (C(OH)–C–C–N with tert-alkyl or cyclic N) is 1. The third-order valence-corrected chi connectivity index (χ3v) is 9.48. The number of sulfonamides is 1. The van der Waals surface area contributed by atoms with Gasteiger partial charge in [-0.1, -0.05) is 23.7 Å². The lowest BCUT2D eigenvalue weighted by Gasteiger charge is -2.30. The van der Waals surface area contributed by atoms with Crippen molar-refractivity contribution in [2.75, 3.05) is 44.3 Å². The first kappa shape index (κ1) is 30.7. The van der Waals surface area contributed by atoms with E-state index in [4.69, 9.17) is 11.6 Å². The van der Waals surface area contributed by atoms with Crippen LogP contribution in [0.4, 0.5) is 19.1 Å². The molecule has 4 heterocycles. The van der Waals surface area contributed by atoms with Crippen LogP contribution in [-0.2, 0) is 22.6 Å². The first-order valence-corrected chi connectivity index (χ1v) is 15.8. The lowest BCUT2D eigenvalue weighted by molar-refractivity contribution is -0.137. The van der Waals surface area contributed by atoms with Crippen LogP contribution >= 0.6 is 11.6 Å². The summed E-state index contributed by atoms with van der Waals surface area (Å²) in [7, 11) is -3.31. The Kier molecular flexibility index (Phi) is 8.56. The Hall–Kier alpha value is -2.78. The Morgan fingerprint density at radius 3 is 2.57 bits per heavy atom. The molecule has 2 aromatic heterocycles. The van der Waals surface area contributed by atoms with E-state index in [1.54, 1.807) is 10.6 Å². The van der Waals surface area contributed by atoms with Gasteiger partial charge in [0, 0.05) is 51.2 Å². The molecule has 228 valence electrons. The SMILES string of the molecule is CC1(O)CCN(CCc2cccc(-n3cnc(-c4nc(NC5CCN(S(C)(=O)=O)CC5)ncc4C(F)(F)F)c3)c2Cl)C1. The Labute approximate surface area is 247 Å². The molecule has 0 amide bonds. The van der Waals surface area contributed by atoms with Crippen LogP contribution in [0.3, 0.4) is 0 Å². The molecular weight excluding hydrogens is 595 g/mol. The largest absolute Gasteiger partial charge is 0.420 e. The summed E-state index contributed by atoms with van der Waals surface area (Å²) in [5.74, 6) is 0.00581. The molecule has 0 aliphatic carbocycles. The van der Waals surface area contributed by atoms with Gasteiger partial charge in [-0.2, -0.15) is 13.2 Å². The molecule has 2 N–H and O–H groups in total. The first-order chi connectivity index (χ1) is 19.7. The van der Waals surface area contributed by atoms with E-state index in [-0.39, 0.29) is 23.4 Å². The number of anilines is 1. The number of imidazole rings is 1. The number of halogens is 4. The lowest BCUT2D eigenvalue weighted by atomic mass is 10.1. The Balaban J connectivity index is 1.36. The molecule has 0 spiro atoms. The zero-order chi connectivity index (χ0) is 30.3. The van der Waals surface area contributed by atoms with Gasteiger partial charge in [-0.15, -0.1) is 0 Å². The maximum atomic E-state index is 13.9. The van der Waals surface area contributed by atoms with Crippen molar-refractivity contribution in [3.63, 3.8) is 0 Å². The van der Waals surface area contributed by atoms with Gasteiger partial charge in [-0.25, -0.2) is 27.7 Å². The van der Waals surface area contributed by atoms with E-state index in [1.165, 1.54) is 16.8 Å². The molecule has 3 aromatic rings. The van der Waals surface area contributed by atoms with Crippen molar-refractivity contribution in [1.82, 2.24) is 28.7 Å². The molecule has 2 fully saturated rings. The zero-order valence-electron chi connectivity index (χ0n) is 23.3. The number of likely N-dealkylation sites (tertiary alicyclic amines) is 1. The van der Waals surface area contributed by atoms with Crippen molar-refractivity contribution in [1.29, 1.82) is 0 Å². The minimum Gasteiger partial charge on any atom is -0.389 e. The predicted molar refractivity (Wildman–Crippen MR) is 153 cm³/mol. The molecule has 1 atom stereocenters. The molecule has 5 rings (SSSR count). The summed E-state index contributed by atoms with van der Waals surface area (Å²) in [4.78, 5) is 14.5. The summed E-state index contributed by atoms with van der Waals surface area (Å²) in [5, 5.41) is 13.7. The average Bonchev–Trinajstić information content (AvgIpc) is 3.53. The first-order valence-electron chi connectivity index (χ1n) is 13.6. The van der Waals surface area contributed by atoms with Gasteiger partial charge >= 0.3 is 6.18 Å². The summed E-state index contributed by atoms with van der Waals surface area (Å²) in [5.41, 5.74) is -0.643. The van der Waals surface area contributed by atoms with Gasteiger partial charge in [0.2, 0.25) is 16.0 Å². The quantitative estimate of drug-likeness (QED) is 0.387. The molecule has 0 radical (unpaired) electrons. The maximum absolute atomic E-state index is 13.9. The smallest absolute Gasteiger partial charge is 0.389 e. The van der Waals surface area contributed by atoms with Crippen LogP contribution in [0, 0.1) is 0 Å². The molecule has 2 saturated heterocycles. The Bertz CT molecular complexity index is 1540. The van der Waals surface area contributed by atoms with E-state index < -0.39 is 27.4 Å². The summed E-state index contributed by atoms with van der Waals surface area (Å²) in [6.45, 7) is 4.52. The molecule has 15 heteroatoms. The van der Waals surface area contributed by atoms with Gasteiger partial charge in [0.05, 0.1) is 22.6 Å². The van der Waals surface area contributed by atoms with Gasteiger partial charge in [0.1, 0.15) is 23.3 Å². The van der Waals surface area contributed by atoms with Gasteiger partial charge in [0.15, 0.2) is 0 Å². The number of rotatable bonds is 8. The number of hydrogen-bond donors (Lipinski definition) is 2. The highest BCUT2D eigenvalue weighted by Gasteiger charge is 2.36. The second-order valence-electron chi connectivity index (χ2n) is 11.2. The van der Waals surface area contributed by atoms with Crippen LogP contribution in [0.15, 0.2) is 36.9 Å². The average molecular weight is 628 g/mol. The van der Waals surface area contributed by atoms with E-state index in [0.29, 0.717) is 62.6 Å². The van der Waals surface area contributed by atoms with Crippen molar-refractivity contribution in [3.8, 4) is 17.1 Å². The number of nitrogens with one attached hydrogen (secondary N) is 1. The highest BCUT2D eigenvalue weighted by molar-refractivity contribution is 7.88. The van der Waals surface area contributed by atoms with Crippen LogP contribution in [0.1, 0.15) is 37.3 Å². The number of aliphatic hydroxyl groups is 1. The second-order valence-corrected chi connectivity index (χ2v) is 13.6. The van der Waals surface area contributed by atoms with Gasteiger partial charge in [-0.3, -0.25) is 0 Å². The van der Waals surface area contributed by atoms with Crippen molar-refractivity contribution < 1.29 is 26.7 Å². The van der Waals surface area contributed by atoms with Crippen molar-refractivity contribution in [2.24, 2.45) is 0 Å². The van der Waals surface area contributed by atoms with E-state index in [2.05, 4.69) is 25.2 Å². The van der Waals surface area contributed by atoms with E-state index >= 15 is 0 Å². The molecule has 42 heavy (non-hydrogen) atoms. The van der Waals surface area contributed by atoms with E-state index in [0.717, 1.165) is 24.6 Å². The second kappa shape index (κ2) is 11.7. The van der Waals surface area contributed by atoms with Gasteiger partial charge < -0.3 is 19.9 Å².